The van der Waals surface area contributed by atoms with Gasteiger partial charge in [-0.2, -0.15) is 0 Å². The molecule has 6 heteroatoms. The summed E-state index contributed by atoms with van der Waals surface area (Å²) in [6, 6.07) is 10.2. The van der Waals surface area contributed by atoms with Crippen LogP contribution in [0.3, 0.4) is 0 Å². The van der Waals surface area contributed by atoms with E-state index < -0.39 is 0 Å². The first-order valence-electron chi connectivity index (χ1n) is 8.94. The highest BCUT2D eigenvalue weighted by molar-refractivity contribution is 5.96. The molecular formula is C19H24N4O2. The first-order valence-corrected chi connectivity index (χ1v) is 8.94. The molecule has 1 saturated heterocycles. The van der Waals surface area contributed by atoms with Crippen molar-refractivity contribution < 1.29 is 9.32 Å². The third-order valence-electron chi connectivity index (χ3n) is 5.07. The molecule has 1 fully saturated rings. The van der Waals surface area contributed by atoms with Crippen LogP contribution in [0.4, 0.5) is 5.69 Å². The van der Waals surface area contributed by atoms with Gasteiger partial charge in [0.1, 0.15) is 5.76 Å². The van der Waals surface area contributed by atoms with Gasteiger partial charge in [-0.25, -0.2) is 0 Å². The van der Waals surface area contributed by atoms with Crippen molar-refractivity contribution in [3.63, 3.8) is 0 Å². The molecule has 0 unspecified atom stereocenters. The van der Waals surface area contributed by atoms with Crippen LogP contribution < -0.4 is 4.90 Å². The van der Waals surface area contributed by atoms with Crippen LogP contribution in [0.25, 0.3) is 0 Å². The highest BCUT2D eigenvalue weighted by Crippen LogP contribution is 2.27. The fraction of sp³-hybridized carbons (Fsp3) is 0.474. The van der Waals surface area contributed by atoms with Gasteiger partial charge < -0.3 is 9.42 Å². The van der Waals surface area contributed by atoms with E-state index in [9.17, 15) is 4.79 Å². The second kappa shape index (κ2) is 6.98. The number of aryl methyl sites for hydroxylation is 1. The van der Waals surface area contributed by atoms with Gasteiger partial charge in [-0.1, -0.05) is 23.4 Å². The number of nitrogens with zero attached hydrogens (tertiary/aromatic N) is 4. The van der Waals surface area contributed by atoms with Gasteiger partial charge in [0, 0.05) is 51.0 Å². The second-order valence-corrected chi connectivity index (χ2v) is 6.91. The van der Waals surface area contributed by atoms with Crippen LogP contribution in [0, 0.1) is 6.92 Å². The number of hydrogen-bond donors (Lipinski definition) is 0. The highest BCUT2D eigenvalue weighted by atomic mass is 16.5. The van der Waals surface area contributed by atoms with Crippen molar-refractivity contribution >= 4 is 11.6 Å². The Morgan fingerprint density at radius 2 is 1.88 bits per heavy atom. The van der Waals surface area contributed by atoms with E-state index in [0.717, 1.165) is 62.8 Å². The molecule has 0 aliphatic carbocycles. The van der Waals surface area contributed by atoms with Crippen LogP contribution in [-0.2, 0) is 17.8 Å². The third-order valence-corrected chi connectivity index (χ3v) is 5.07. The summed E-state index contributed by atoms with van der Waals surface area (Å²) in [4.78, 5) is 19.3. The molecule has 0 saturated carbocycles. The number of carbonyl (C=O) groups excluding carboxylic acids is 1. The Morgan fingerprint density at radius 3 is 2.64 bits per heavy atom. The minimum Gasteiger partial charge on any atom is -0.361 e. The Balaban J connectivity index is 1.28. The Labute approximate surface area is 148 Å². The van der Waals surface area contributed by atoms with Crippen molar-refractivity contribution in [2.75, 3.05) is 44.2 Å². The normalized spacial score (nSPS) is 18.5. The molecule has 0 spiro atoms. The number of amides is 1. The van der Waals surface area contributed by atoms with Gasteiger partial charge in [-0.3, -0.25) is 14.6 Å². The van der Waals surface area contributed by atoms with Gasteiger partial charge in [0.25, 0.3) is 0 Å². The summed E-state index contributed by atoms with van der Waals surface area (Å²) < 4.78 is 5.13. The van der Waals surface area contributed by atoms with Crippen LogP contribution >= 0.6 is 0 Å². The summed E-state index contributed by atoms with van der Waals surface area (Å²) in [6.07, 6.45) is 0.965. The van der Waals surface area contributed by atoms with E-state index in [2.05, 4.69) is 27.1 Å². The van der Waals surface area contributed by atoms with Gasteiger partial charge in [0.2, 0.25) is 5.91 Å². The first-order chi connectivity index (χ1) is 12.2. The van der Waals surface area contributed by atoms with Crippen molar-refractivity contribution in [1.82, 2.24) is 15.0 Å². The van der Waals surface area contributed by atoms with Crippen LogP contribution in [0.2, 0.25) is 0 Å². The molecule has 0 bridgehead atoms. The van der Waals surface area contributed by atoms with Crippen molar-refractivity contribution in [2.24, 2.45) is 0 Å². The maximum absolute atomic E-state index is 12.7. The zero-order valence-electron chi connectivity index (χ0n) is 14.6. The lowest BCUT2D eigenvalue weighted by Gasteiger charge is -2.34. The van der Waals surface area contributed by atoms with E-state index in [1.807, 2.05) is 30.0 Å². The molecule has 2 aliphatic rings. The minimum absolute atomic E-state index is 0.213. The van der Waals surface area contributed by atoms with Crippen molar-refractivity contribution in [3.8, 4) is 0 Å². The fourth-order valence-electron chi connectivity index (χ4n) is 3.70. The summed E-state index contributed by atoms with van der Waals surface area (Å²) in [7, 11) is 0. The molecule has 25 heavy (non-hydrogen) atoms. The number of carbonyl (C=O) groups is 1. The van der Waals surface area contributed by atoms with E-state index >= 15 is 0 Å². The molecule has 1 aromatic heterocycles. The molecule has 2 aliphatic heterocycles. The second-order valence-electron chi connectivity index (χ2n) is 6.91. The number of fused-ring (bicyclic) bond motifs is 1. The van der Waals surface area contributed by atoms with Crippen LogP contribution in [0.1, 0.15) is 17.0 Å². The van der Waals surface area contributed by atoms with Crippen LogP contribution in [0.5, 0.6) is 0 Å². The molecule has 4 rings (SSSR count). The quantitative estimate of drug-likeness (QED) is 0.848. The van der Waals surface area contributed by atoms with Gasteiger partial charge in [0.05, 0.1) is 12.2 Å². The SMILES string of the molecule is Cc1cc(CN2CCN(CC(=O)N3CCc4ccccc43)CC2)no1. The molecule has 0 radical (unpaired) electrons. The number of anilines is 1. The Bertz CT molecular complexity index is 749. The molecule has 0 atom stereocenters. The number of piperazine rings is 1. The Morgan fingerprint density at radius 1 is 1.12 bits per heavy atom. The number of hydrogen-bond acceptors (Lipinski definition) is 5. The summed E-state index contributed by atoms with van der Waals surface area (Å²) >= 11 is 0. The summed E-state index contributed by atoms with van der Waals surface area (Å²) in [5, 5.41) is 4.06. The summed E-state index contributed by atoms with van der Waals surface area (Å²) in [5.74, 6) is 1.07. The van der Waals surface area contributed by atoms with Crippen molar-refractivity contribution in [3.05, 3.63) is 47.3 Å². The zero-order valence-corrected chi connectivity index (χ0v) is 14.6. The molecule has 1 amide bonds. The van der Waals surface area contributed by atoms with Gasteiger partial charge in [-0.05, 0) is 25.0 Å². The largest absolute Gasteiger partial charge is 0.361 e. The van der Waals surface area contributed by atoms with Crippen LogP contribution in [0.15, 0.2) is 34.9 Å². The number of benzene rings is 1. The topological polar surface area (TPSA) is 52.8 Å². The molecule has 2 aromatic rings. The predicted octanol–water partition coefficient (Wildman–Crippen LogP) is 1.69. The lowest BCUT2D eigenvalue weighted by Crippen LogP contribution is -2.49. The molecule has 132 valence electrons. The average Bonchev–Trinajstić information content (AvgIpc) is 3.23. The summed E-state index contributed by atoms with van der Waals surface area (Å²) in [5.41, 5.74) is 3.35. The van der Waals surface area contributed by atoms with E-state index in [-0.39, 0.29) is 5.91 Å². The third kappa shape index (κ3) is 3.60. The van der Waals surface area contributed by atoms with Crippen molar-refractivity contribution in [2.45, 2.75) is 19.9 Å². The van der Waals surface area contributed by atoms with Gasteiger partial charge in [0.15, 0.2) is 0 Å². The molecule has 3 heterocycles. The predicted molar refractivity (Wildman–Crippen MR) is 95.5 cm³/mol. The monoisotopic (exact) mass is 340 g/mol. The smallest absolute Gasteiger partial charge is 0.241 e. The van der Waals surface area contributed by atoms with E-state index in [4.69, 9.17) is 4.52 Å². The standard InChI is InChI=1S/C19H24N4O2/c1-15-12-17(20-25-15)13-21-8-10-22(11-9-21)14-19(24)23-7-6-16-4-2-3-5-18(16)23/h2-5,12H,6-11,13-14H2,1H3. The first kappa shape index (κ1) is 16.3. The average molecular weight is 340 g/mol. The Hall–Kier alpha value is -2.18. The van der Waals surface area contributed by atoms with Gasteiger partial charge >= 0.3 is 0 Å². The van der Waals surface area contributed by atoms with Crippen molar-refractivity contribution in [1.29, 1.82) is 0 Å². The van der Waals surface area contributed by atoms with E-state index in [1.54, 1.807) is 0 Å². The minimum atomic E-state index is 0.213. The maximum atomic E-state index is 12.7. The molecule has 6 nitrogen and oxygen atoms in total. The number of para-hydroxylation sites is 1. The Kier molecular flexibility index (Phi) is 4.55. The van der Waals surface area contributed by atoms with Crippen LogP contribution in [-0.4, -0.2) is 60.1 Å². The van der Waals surface area contributed by atoms with E-state index in [0.29, 0.717) is 6.54 Å². The van der Waals surface area contributed by atoms with E-state index in [1.165, 1.54) is 5.56 Å². The molecule has 0 N–H and O–H groups in total. The number of aromatic nitrogens is 1. The zero-order chi connectivity index (χ0) is 17.2. The molecular weight excluding hydrogens is 316 g/mol. The maximum Gasteiger partial charge on any atom is 0.241 e. The number of rotatable bonds is 4. The lowest BCUT2D eigenvalue weighted by molar-refractivity contribution is -0.120. The van der Waals surface area contributed by atoms with Gasteiger partial charge in [-0.15, -0.1) is 0 Å². The fourth-order valence-corrected chi connectivity index (χ4v) is 3.70. The highest BCUT2D eigenvalue weighted by Gasteiger charge is 2.27. The summed E-state index contributed by atoms with van der Waals surface area (Å²) in [6.45, 7) is 7.78. The lowest BCUT2D eigenvalue weighted by atomic mass is 10.2. The molecule has 1 aromatic carbocycles.